The smallest absolute Gasteiger partial charge is 0.309 e. The molecular formula is C11H18N2O3. The fourth-order valence-corrected chi connectivity index (χ4v) is 2.08. The van der Waals surface area contributed by atoms with Gasteiger partial charge in [-0.15, -0.1) is 0 Å². The molecule has 0 spiro atoms. The van der Waals surface area contributed by atoms with Crippen LogP contribution in [0.4, 0.5) is 0 Å². The quantitative estimate of drug-likeness (QED) is 0.704. The molecule has 1 saturated carbocycles. The fraction of sp³-hybridized carbons (Fsp3) is 0.818. The average molecular weight is 226 g/mol. The molecule has 0 aromatic rings. The van der Waals surface area contributed by atoms with Gasteiger partial charge in [0, 0.05) is 13.1 Å². The molecule has 0 radical (unpaired) electrons. The van der Waals surface area contributed by atoms with Crippen molar-refractivity contribution in [1.29, 1.82) is 0 Å². The zero-order valence-electron chi connectivity index (χ0n) is 9.53. The highest BCUT2D eigenvalue weighted by molar-refractivity contribution is 5.89. The van der Waals surface area contributed by atoms with E-state index in [-0.39, 0.29) is 5.91 Å². The first-order valence-corrected chi connectivity index (χ1v) is 5.69. The van der Waals surface area contributed by atoms with E-state index in [9.17, 15) is 9.59 Å². The molecule has 0 atom stereocenters. The van der Waals surface area contributed by atoms with Crippen LogP contribution in [0.5, 0.6) is 0 Å². The lowest BCUT2D eigenvalue weighted by molar-refractivity contribution is -0.153. The van der Waals surface area contributed by atoms with Crippen LogP contribution in [0.1, 0.15) is 32.6 Å². The summed E-state index contributed by atoms with van der Waals surface area (Å²) in [7, 11) is 0. The van der Waals surface area contributed by atoms with Gasteiger partial charge < -0.3 is 15.7 Å². The number of aliphatic carboxylic acids is 1. The predicted octanol–water partition coefficient (Wildman–Crippen LogP) is 0.191. The average Bonchev–Trinajstić information content (AvgIpc) is 2.98. The normalized spacial score (nSPS) is 26.2. The van der Waals surface area contributed by atoms with Gasteiger partial charge in [-0.2, -0.15) is 0 Å². The van der Waals surface area contributed by atoms with E-state index in [0.717, 1.165) is 12.8 Å². The molecule has 2 aliphatic rings. The lowest BCUT2D eigenvalue weighted by Crippen LogP contribution is -2.51. The molecule has 16 heavy (non-hydrogen) atoms. The number of hydrogen-bond donors (Lipinski definition) is 2. The number of nitrogens with zero attached hydrogens (tertiary/aromatic N) is 1. The zero-order chi connectivity index (χ0) is 12.0. The first kappa shape index (κ1) is 11.4. The minimum atomic E-state index is -0.770. The standard InChI is InChI=1S/C11H18N2O3/c1-10(9(15)16)4-6-13(7-5-10)8(14)11(12)2-3-11/h2-7,12H2,1H3,(H,15,16). The van der Waals surface area contributed by atoms with Crippen LogP contribution in [0.2, 0.25) is 0 Å². The Balaban J connectivity index is 1.95. The van der Waals surface area contributed by atoms with Crippen LogP contribution in [0.15, 0.2) is 0 Å². The molecule has 1 aliphatic heterocycles. The molecule has 1 saturated heterocycles. The fourth-order valence-electron chi connectivity index (χ4n) is 2.08. The van der Waals surface area contributed by atoms with E-state index in [0.29, 0.717) is 25.9 Å². The first-order chi connectivity index (χ1) is 7.37. The highest BCUT2D eigenvalue weighted by Gasteiger charge is 2.49. The minimum absolute atomic E-state index is 0.0000567. The number of piperidine rings is 1. The van der Waals surface area contributed by atoms with Crippen LogP contribution in [-0.4, -0.2) is 40.5 Å². The Labute approximate surface area is 94.6 Å². The maximum absolute atomic E-state index is 11.9. The molecule has 3 N–H and O–H groups in total. The molecule has 1 aliphatic carbocycles. The summed E-state index contributed by atoms with van der Waals surface area (Å²) in [4.78, 5) is 24.7. The number of amides is 1. The molecule has 0 aromatic carbocycles. The topological polar surface area (TPSA) is 83.6 Å². The van der Waals surface area contributed by atoms with Crippen molar-refractivity contribution in [1.82, 2.24) is 4.90 Å². The SMILES string of the molecule is CC1(C(=O)O)CCN(C(=O)C2(N)CC2)CC1. The molecule has 0 aromatic heterocycles. The Hall–Kier alpha value is -1.10. The summed E-state index contributed by atoms with van der Waals surface area (Å²) in [6.45, 7) is 2.77. The van der Waals surface area contributed by atoms with Crippen molar-refractivity contribution in [2.24, 2.45) is 11.1 Å². The van der Waals surface area contributed by atoms with E-state index in [1.54, 1.807) is 11.8 Å². The Morgan fingerprint density at radius 3 is 2.06 bits per heavy atom. The lowest BCUT2D eigenvalue weighted by Gasteiger charge is -2.37. The molecule has 0 bridgehead atoms. The number of carboxylic acid groups (broad SMARTS) is 1. The van der Waals surface area contributed by atoms with Crippen LogP contribution in [0.25, 0.3) is 0 Å². The molecule has 5 heteroatoms. The van der Waals surface area contributed by atoms with Crippen molar-refractivity contribution in [2.45, 2.75) is 38.1 Å². The minimum Gasteiger partial charge on any atom is -0.481 e. The first-order valence-electron chi connectivity index (χ1n) is 5.69. The second-order valence-electron chi connectivity index (χ2n) is 5.31. The second-order valence-corrected chi connectivity index (χ2v) is 5.31. The molecule has 2 fully saturated rings. The highest BCUT2D eigenvalue weighted by Crippen LogP contribution is 2.37. The van der Waals surface area contributed by atoms with Crippen molar-refractivity contribution >= 4 is 11.9 Å². The van der Waals surface area contributed by atoms with Crippen molar-refractivity contribution < 1.29 is 14.7 Å². The summed E-state index contributed by atoms with van der Waals surface area (Å²) in [6.07, 6.45) is 2.56. The highest BCUT2D eigenvalue weighted by atomic mass is 16.4. The van der Waals surface area contributed by atoms with Crippen LogP contribution in [0, 0.1) is 5.41 Å². The molecule has 90 valence electrons. The van der Waals surface area contributed by atoms with Gasteiger partial charge in [0.15, 0.2) is 0 Å². The monoisotopic (exact) mass is 226 g/mol. The van der Waals surface area contributed by atoms with Crippen molar-refractivity contribution in [2.75, 3.05) is 13.1 Å². The number of likely N-dealkylation sites (tertiary alicyclic amines) is 1. The molecule has 0 unspecified atom stereocenters. The van der Waals surface area contributed by atoms with E-state index in [4.69, 9.17) is 10.8 Å². The summed E-state index contributed by atoms with van der Waals surface area (Å²) in [5.74, 6) is -0.770. The largest absolute Gasteiger partial charge is 0.481 e. The zero-order valence-corrected chi connectivity index (χ0v) is 9.53. The molecule has 2 rings (SSSR count). The second kappa shape index (κ2) is 3.45. The Bertz CT molecular complexity index is 328. The van der Waals surface area contributed by atoms with E-state index in [1.165, 1.54) is 0 Å². The molecular weight excluding hydrogens is 208 g/mol. The summed E-state index contributed by atoms with van der Waals surface area (Å²) in [5, 5.41) is 9.07. The number of carbonyl (C=O) groups excluding carboxylic acids is 1. The summed E-state index contributed by atoms with van der Waals surface area (Å²) in [6, 6.07) is 0. The summed E-state index contributed by atoms with van der Waals surface area (Å²) < 4.78 is 0. The number of rotatable bonds is 2. The number of carboxylic acids is 1. The third kappa shape index (κ3) is 1.80. The Morgan fingerprint density at radius 1 is 1.19 bits per heavy atom. The third-order valence-electron chi connectivity index (χ3n) is 3.89. The predicted molar refractivity (Wildman–Crippen MR) is 57.7 cm³/mol. The molecule has 1 heterocycles. The number of hydrogen-bond acceptors (Lipinski definition) is 3. The van der Waals surface area contributed by atoms with E-state index >= 15 is 0 Å². The van der Waals surface area contributed by atoms with Gasteiger partial charge in [-0.1, -0.05) is 0 Å². The van der Waals surface area contributed by atoms with Crippen LogP contribution in [0.3, 0.4) is 0 Å². The van der Waals surface area contributed by atoms with Crippen LogP contribution >= 0.6 is 0 Å². The molecule has 5 nitrogen and oxygen atoms in total. The Morgan fingerprint density at radius 2 is 1.69 bits per heavy atom. The van der Waals surface area contributed by atoms with Gasteiger partial charge >= 0.3 is 5.97 Å². The van der Waals surface area contributed by atoms with Gasteiger partial charge in [-0.25, -0.2) is 0 Å². The maximum Gasteiger partial charge on any atom is 0.309 e. The van der Waals surface area contributed by atoms with Gasteiger partial charge in [0.05, 0.1) is 11.0 Å². The summed E-state index contributed by atoms with van der Waals surface area (Å²) >= 11 is 0. The van der Waals surface area contributed by atoms with E-state index < -0.39 is 16.9 Å². The van der Waals surface area contributed by atoms with Gasteiger partial charge in [-0.05, 0) is 32.6 Å². The van der Waals surface area contributed by atoms with Crippen LogP contribution in [-0.2, 0) is 9.59 Å². The van der Waals surface area contributed by atoms with Crippen molar-refractivity contribution in [3.05, 3.63) is 0 Å². The van der Waals surface area contributed by atoms with E-state index in [2.05, 4.69) is 0 Å². The number of nitrogens with two attached hydrogens (primary N) is 1. The summed E-state index contributed by atoms with van der Waals surface area (Å²) in [5.41, 5.74) is 4.53. The number of carbonyl (C=O) groups is 2. The van der Waals surface area contributed by atoms with Gasteiger partial charge in [0.2, 0.25) is 5.91 Å². The van der Waals surface area contributed by atoms with Gasteiger partial charge in [-0.3, -0.25) is 9.59 Å². The van der Waals surface area contributed by atoms with Crippen LogP contribution < -0.4 is 5.73 Å². The third-order valence-corrected chi connectivity index (χ3v) is 3.89. The van der Waals surface area contributed by atoms with Crippen molar-refractivity contribution in [3.8, 4) is 0 Å². The maximum atomic E-state index is 11.9. The van der Waals surface area contributed by atoms with Gasteiger partial charge in [0.1, 0.15) is 0 Å². The van der Waals surface area contributed by atoms with Crippen molar-refractivity contribution in [3.63, 3.8) is 0 Å². The van der Waals surface area contributed by atoms with Gasteiger partial charge in [0.25, 0.3) is 0 Å². The molecule has 1 amide bonds. The van der Waals surface area contributed by atoms with E-state index in [1.807, 2.05) is 0 Å². The lowest BCUT2D eigenvalue weighted by atomic mass is 9.80. The Kier molecular flexibility index (Phi) is 2.45.